The van der Waals surface area contributed by atoms with Crippen LogP contribution in [0.5, 0.6) is 5.75 Å². The van der Waals surface area contributed by atoms with E-state index in [2.05, 4.69) is 9.97 Å². The molecule has 5 heteroatoms. The quantitative estimate of drug-likeness (QED) is 0.820. The smallest absolute Gasteiger partial charge is 0.247 e. The van der Waals surface area contributed by atoms with Gasteiger partial charge >= 0.3 is 0 Å². The van der Waals surface area contributed by atoms with E-state index in [0.29, 0.717) is 23.8 Å². The monoisotopic (exact) mass is 271 g/mol. The van der Waals surface area contributed by atoms with Crippen molar-refractivity contribution < 1.29 is 4.74 Å². The molecule has 0 unspecified atom stereocenters. The van der Waals surface area contributed by atoms with Gasteiger partial charge in [-0.15, -0.1) is 0 Å². The summed E-state index contributed by atoms with van der Waals surface area (Å²) in [5.74, 6) is 0.618. The number of aromatic amines is 1. The average molecular weight is 271 g/mol. The van der Waals surface area contributed by atoms with Gasteiger partial charge in [0.05, 0.1) is 18.5 Å². The van der Waals surface area contributed by atoms with Crippen LogP contribution in [0.2, 0.25) is 0 Å². The van der Waals surface area contributed by atoms with Crippen LogP contribution in [0.25, 0.3) is 11.3 Å². The van der Waals surface area contributed by atoms with Crippen LogP contribution >= 0.6 is 0 Å². The fourth-order valence-corrected chi connectivity index (χ4v) is 1.79. The Bertz CT molecular complexity index is 657. The molecule has 2 N–H and O–H groups in total. The third kappa shape index (κ3) is 3.12. The van der Waals surface area contributed by atoms with Crippen molar-refractivity contribution in [2.45, 2.75) is 20.3 Å². The summed E-state index contributed by atoms with van der Waals surface area (Å²) < 4.78 is 5.60. The highest BCUT2D eigenvalue weighted by molar-refractivity contribution is 5.99. The van der Waals surface area contributed by atoms with E-state index in [4.69, 9.17) is 10.1 Å². The number of hydrogen-bond acceptors (Lipinski definition) is 4. The van der Waals surface area contributed by atoms with Crippen LogP contribution in [0.15, 0.2) is 35.4 Å². The molecule has 0 fully saturated rings. The number of nitrogens with one attached hydrogen (secondary N) is 2. The zero-order chi connectivity index (χ0) is 14.5. The van der Waals surface area contributed by atoms with Gasteiger partial charge in [-0.05, 0) is 25.5 Å². The molecule has 0 spiro atoms. The Morgan fingerprint density at radius 2 is 2.25 bits per heavy atom. The molecule has 0 saturated carbocycles. The summed E-state index contributed by atoms with van der Waals surface area (Å²) in [6.07, 6.45) is 4.14. The minimum absolute atomic E-state index is 0.153. The van der Waals surface area contributed by atoms with Gasteiger partial charge < -0.3 is 15.1 Å². The maximum atomic E-state index is 11.1. The number of hydrogen-bond donors (Lipinski definition) is 2. The summed E-state index contributed by atoms with van der Waals surface area (Å²) in [5.41, 5.74) is 2.49. The van der Waals surface area contributed by atoms with Crippen LogP contribution in [-0.2, 0) is 0 Å². The second kappa shape index (κ2) is 6.14. The van der Waals surface area contributed by atoms with Gasteiger partial charge in [-0.3, -0.25) is 9.78 Å². The molecule has 0 bridgehead atoms. The summed E-state index contributed by atoms with van der Waals surface area (Å²) in [7, 11) is 0. The molecule has 0 amide bonds. The average Bonchev–Trinajstić information content (AvgIpc) is 2.45. The first-order chi connectivity index (χ1) is 9.61. The van der Waals surface area contributed by atoms with Crippen LogP contribution in [-0.4, -0.2) is 22.3 Å². The van der Waals surface area contributed by atoms with E-state index in [1.807, 2.05) is 6.92 Å². The Labute approximate surface area is 117 Å². The van der Waals surface area contributed by atoms with E-state index < -0.39 is 0 Å². The second-order valence-electron chi connectivity index (χ2n) is 4.48. The number of rotatable bonds is 5. The number of aromatic nitrogens is 2. The summed E-state index contributed by atoms with van der Waals surface area (Å²) in [6, 6.07) is 4.97. The number of nitrogens with zero attached hydrogens (tertiary/aromatic N) is 1. The van der Waals surface area contributed by atoms with Gasteiger partial charge in [0, 0.05) is 29.1 Å². The highest BCUT2D eigenvalue weighted by atomic mass is 16.5. The van der Waals surface area contributed by atoms with E-state index in [0.717, 1.165) is 17.5 Å². The Hall–Kier alpha value is -2.43. The lowest BCUT2D eigenvalue weighted by Gasteiger charge is -2.11. The molecule has 104 valence electrons. The Kier molecular flexibility index (Phi) is 4.30. The molecule has 2 rings (SSSR count). The molecule has 20 heavy (non-hydrogen) atoms. The van der Waals surface area contributed by atoms with Crippen molar-refractivity contribution in [3.63, 3.8) is 0 Å². The molecule has 0 atom stereocenters. The van der Waals surface area contributed by atoms with E-state index >= 15 is 0 Å². The van der Waals surface area contributed by atoms with Crippen LogP contribution in [0, 0.1) is 5.41 Å². The second-order valence-corrected chi connectivity index (χ2v) is 4.48. The standard InChI is InChI=1S/C15H17N3O2/c1-3-6-20-14-9-17-13(7-12(14)10(2)16)11-4-5-15(19)18-8-11/h4-5,7-9,16H,3,6H2,1-2H3,(H,18,19). The molecular formula is C15H17N3O2. The molecule has 0 radical (unpaired) electrons. The van der Waals surface area contributed by atoms with Crippen molar-refractivity contribution in [2.75, 3.05) is 6.61 Å². The van der Waals surface area contributed by atoms with E-state index in [1.165, 1.54) is 6.07 Å². The summed E-state index contributed by atoms with van der Waals surface area (Å²) >= 11 is 0. The molecule has 0 saturated heterocycles. The Morgan fingerprint density at radius 3 is 2.85 bits per heavy atom. The van der Waals surface area contributed by atoms with Gasteiger partial charge in [0.25, 0.3) is 0 Å². The molecule has 2 aromatic heterocycles. The van der Waals surface area contributed by atoms with Crippen molar-refractivity contribution in [3.05, 3.63) is 46.5 Å². The SMILES string of the molecule is CCCOc1cnc(-c2ccc(=O)[nH]c2)cc1C(C)=N. The van der Waals surface area contributed by atoms with E-state index in [9.17, 15) is 4.79 Å². The fraction of sp³-hybridized carbons (Fsp3) is 0.267. The summed E-state index contributed by atoms with van der Waals surface area (Å²) in [6.45, 7) is 4.34. The van der Waals surface area contributed by atoms with E-state index in [1.54, 1.807) is 31.5 Å². The normalized spacial score (nSPS) is 10.3. The third-order valence-corrected chi connectivity index (χ3v) is 2.81. The molecule has 0 aliphatic carbocycles. The molecule has 0 aromatic carbocycles. The minimum atomic E-state index is -0.153. The molecule has 5 nitrogen and oxygen atoms in total. The first-order valence-electron chi connectivity index (χ1n) is 6.49. The van der Waals surface area contributed by atoms with Gasteiger partial charge in [-0.2, -0.15) is 0 Å². The number of H-pyrrole nitrogens is 1. The summed E-state index contributed by atoms with van der Waals surface area (Å²) in [5, 5.41) is 7.84. The van der Waals surface area contributed by atoms with Crippen LogP contribution in [0.3, 0.4) is 0 Å². The van der Waals surface area contributed by atoms with Gasteiger partial charge in [-0.25, -0.2) is 0 Å². The largest absolute Gasteiger partial charge is 0.491 e. The van der Waals surface area contributed by atoms with Crippen molar-refractivity contribution >= 4 is 5.71 Å². The van der Waals surface area contributed by atoms with Gasteiger partial charge in [0.2, 0.25) is 5.56 Å². The van der Waals surface area contributed by atoms with Crippen LogP contribution in [0.4, 0.5) is 0 Å². The van der Waals surface area contributed by atoms with Crippen molar-refractivity contribution in [3.8, 4) is 17.0 Å². The zero-order valence-electron chi connectivity index (χ0n) is 11.6. The van der Waals surface area contributed by atoms with Crippen molar-refractivity contribution in [1.29, 1.82) is 5.41 Å². The van der Waals surface area contributed by atoms with E-state index in [-0.39, 0.29) is 5.56 Å². The first kappa shape index (κ1) is 14.0. The topological polar surface area (TPSA) is 78.8 Å². The van der Waals surface area contributed by atoms with Crippen molar-refractivity contribution in [2.24, 2.45) is 0 Å². The van der Waals surface area contributed by atoms with Crippen LogP contribution < -0.4 is 10.3 Å². The Morgan fingerprint density at radius 1 is 1.45 bits per heavy atom. The first-order valence-corrected chi connectivity index (χ1v) is 6.49. The number of ether oxygens (including phenoxy) is 1. The zero-order valence-corrected chi connectivity index (χ0v) is 11.6. The molecule has 2 aromatic rings. The van der Waals surface area contributed by atoms with Crippen LogP contribution in [0.1, 0.15) is 25.8 Å². The lowest BCUT2D eigenvalue weighted by Crippen LogP contribution is -2.05. The lowest BCUT2D eigenvalue weighted by atomic mass is 10.1. The maximum Gasteiger partial charge on any atom is 0.247 e. The minimum Gasteiger partial charge on any atom is -0.491 e. The Balaban J connectivity index is 2.41. The molecule has 2 heterocycles. The summed E-state index contributed by atoms with van der Waals surface area (Å²) in [4.78, 5) is 18.0. The predicted octanol–water partition coefficient (Wildman–Crippen LogP) is 2.61. The van der Waals surface area contributed by atoms with Gasteiger partial charge in [0.1, 0.15) is 5.75 Å². The maximum absolute atomic E-state index is 11.1. The lowest BCUT2D eigenvalue weighted by molar-refractivity contribution is 0.315. The molecule has 0 aliphatic rings. The van der Waals surface area contributed by atoms with Crippen molar-refractivity contribution in [1.82, 2.24) is 9.97 Å². The van der Waals surface area contributed by atoms with Gasteiger partial charge in [0.15, 0.2) is 0 Å². The highest BCUT2D eigenvalue weighted by Gasteiger charge is 2.09. The molecular weight excluding hydrogens is 254 g/mol. The van der Waals surface area contributed by atoms with Gasteiger partial charge in [-0.1, -0.05) is 6.92 Å². The third-order valence-electron chi connectivity index (χ3n) is 2.81. The fourth-order valence-electron chi connectivity index (χ4n) is 1.79. The highest BCUT2D eigenvalue weighted by Crippen LogP contribution is 2.24. The molecule has 0 aliphatic heterocycles. The predicted molar refractivity (Wildman–Crippen MR) is 78.6 cm³/mol. The number of pyridine rings is 2.